The molecule has 56 heavy (non-hydrogen) atoms. The number of hydrogen-bond acceptors (Lipinski definition) is 16. The van der Waals surface area contributed by atoms with Crippen LogP contribution in [0.1, 0.15) is 78.5 Å². The number of aromatic nitrogens is 3. The van der Waals surface area contributed by atoms with Crippen molar-refractivity contribution in [3.8, 4) is 11.8 Å². The number of benzene rings is 1. The van der Waals surface area contributed by atoms with Crippen LogP contribution < -0.4 is 26.8 Å². The molecule has 18 nitrogen and oxygen atoms in total. The monoisotopic (exact) mass is 798 g/mol. The Morgan fingerprint density at radius 2 is 1.61 bits per heavy atom. The van der Waals surface area contributed by atoms with Crippen LogP contribution in [0.3, 0.4) is 0 Å². The molecule has 1 aromatic carbocycles. The van der Waals surface area contributed by atoms with Crippen LogP contribution in [0.25, 0.3) is 5.52 Å². The van der Waals surface area contributed by atoms with Gasteiger partial charge in [0.15, 0.2) is 18.0 Å². The number of nitriles is 1. The van der Waals surface area contributed by atoms with Gasteiger partial charge in [-0.05, 0) is 68.7 Å². The van der Waals surface area contributed by atoms with Gasteiger partial charge >= 0.3 is 25.7 Å². The summed E-state index contributed by atoms with van der Waals surface area (Å²) in [7, 11) is -4.63. The minimum atomic E-state index is -4.63. The fourth-order valence-corrected chi connectivity index (χ4v) is 7.84. The lowest BCUT2D eigenvalue weighted by Gasteiger charge is -2.32. The highest BCUT2D eigenvalue weighted by atomic mass is 31.2. The van der Waals surface area contributed by atoms with E-state index in [1.807, 2.05) is 6.07 Å². The van der Waals surface area contributed by atoms with Crippen LogP contribution in [0.5, 0.6) is 5.75 Å². The van der Waals surface area contributed by atoms with Gasteiger partial charge in [-0.3, -0.25) is 18.9 Å². The van der Waals surface area contributed by atoms with Crippen molar-refractivity contribution in [2.24, 2.45) is 23.3 Å². The SMILES string of the molecule is CC(C)[C@H](N)C(=O)O[C@H]1[C@H](c2ccc3c(N)ncnn23)O[C@](C#N)(CO[P@@](=O)(N[C@@H](C)C(=O)OC2CCCCC2)Oc2ccccc2)[C@H]1OC(=O)[C@@H](N)C(C)C. The van der Waals surface area contributed by atoms with Crippen molar-refractivity contribution in [2.75, 3.05) is 12.3 Å². The summed E-state index contributed by atoms with van der Waals surface area (Å²) in [6.45, 7) is 7.34. The second-order valence-corrected chi connectivity index (χ2v) is 16.5. The van der Waals surface area contributed by atoms with Gasteiger partial charge in [0.2, 0.25) is 5.60 Å². The van der Waals surface area contributed by atoms with Crippen molar-refractivity contribution >= 4 is 37.0 Å². The lowest BCUT2D eigenvalue weighted by Crippen LogP contribution is -2.53. The van der Waals surface area contributed by atoms with Crippen LogP contribution in [-0.2, 0) is 42.4 Å². The summed E-state index contributed by atoms with van der Waals surface area (Å²) in [5, 5.41) is 17.9. The summed E-state index contributed by atoms with van der Waals surface area (Å²) in [6, 6.07) is 9.68. The van der Waals surface area contributed by atoms with E-state index in [9.17, 15) is 24.2 Å². The van der Waals surface area contributed by atoms with Crippen molar-refractivity contribution < 1.29 is 46.9 Å². The molecule has 2 fully saturated rings. The molecule has 8 atom stereocenters. The summed E-state index contributed by atoms with van der Waals surface area (Å²) in [4.78, 5) is 44.4. The number of carbonyl (C=O) groups is 3. The number of fused-ring (bicyclic) bond motifs is 1. The van der Waals surface area contributed by atoms with E-state index in [1.54, 1.807) is 58.0 Å². The molecule has 0 bridgehead atoms. The third kappa shape index (κ3) is 9.66. The maximum Gasteiger partial charge on any atom is 0.459 e. The second kappa shape index (κ2) is 18.1. The molecule has 7 N–H and O–H groups in total. The number of rotatable bonds is 16. The van der Waals surface area contributed by atoms with E-state index in [0.717, 1.165) is 19.3 Å². The van der Waals surface area contributed by atoms with E-state index in [-0.39, 0.29) is 29.3 Å². The third-order valence-electron chi connectivity index (χ3n) is 9.82. The Bertz CT molecular complexity index is 1930. The molecule has 1 aliphatic heterocycles. The number of nitrogen functional groups attached to an aromatic ring is 1. The summed E-state index contributed by atoms with van der Waals surface area (Å²) in [5.74, 6) is -3.09. The number of ether oxygens (including phenoxy) is 4. The Morgan fingerprint density at radius 1 is 0.964 bits per heavy atom. The minimum Gasteiger partial charge on any atom is -0.461 e. The number of nitrogens with zero attached hydrogens (tertiary/aromatic N) is 4. The first-order chi connectivity index (χ1) is 26.6. The Hall–Kier alpha value is -4.63. The van der Waals surface area contributed by atoms with Gasteiger partial charge in [0.05, 0.1) is 5.69 Å². The van der Waals surface area contributed by atoms with Crippen molar-refractivity contribution in [1.82, 2.24) is 19.7 Å². The summed E-state index contributed by atoms with van der Waals surface area (Å²) >= 11 is 0. The van der Waals surface area contributed by atoms with Crippen LogP contribution in [-0.4, -0.2) is 81.2 Å². The maximum atomic E-state index is 14.7. The van der Waals surface area contributed by atoms with Crippen LogP contribution >= 0.6 is 7.75 Å². The number of para-hydroxylation sites is 1. The predicted octanol–water partition coefficient (Wildman–Crippen LogP) is 3.49. The first kappa shape index (κ1) is 42.5. The topological polar surface area (TPSA) is 268 Å². The molecule has 0 amide bonds. The van der Waals surface area contributed by atoms with E-state index < -0.39 is 80.2 Å². The maximum absolute atomic E-state index is 14.7. The average molecular weight is 799 g/mol. The number of esters is 3. The summed E-state index contributed by atoms with van der Waals surface area (Å²) in [6.07, 6.45) is 0.487. The molecule has 0 spiro atoms. The lowest BCUT2D eigenvalue weighted by molar-refractivity contribution is -0.172. The molecule has 0 unspecified atom stereocenters. The second-order valence-electron chi connectivity index (χ2n) is 14.8. The van der Waals surface area contributed by atoms with Crippen LogP contribution in [0.15, 0.2) is 48.8 Å². The van der Waals surface area contributed by atoms with E-state index in [4.69, 9.17) is 45.2 Å². The Labute approximate surface area is 325 Å². The fourth-order valence-electron chi connectivity index (χ4n) is 6.32. The van der Waals surface area contributed by atoms with E-state index >= 15 is 0 Å². The first-order valence-electron chi connectivity index (χ1n) is 18.6. The first-order valence-corrected chi connectivity index (χ1v) is 20.2. The Kier molecular flexibility index (Phi) is 13.7. The molecule has 3 aromatic rings. The molecule has 1 saturated heterocycles. The third-order valence-corrected chi connectivity index (χ3v) is 11.4. The van der Waals surface area contributed by atoms with Gasteiger partial charge in [-0.25, -0.2) is 14.1 Å². The van der Waals surface area contributed by atoms with Crippen molar-refractivity contribution in [1.29, 1.82) is 5.26 Å². The largest absolute Gasteiger partial charge is 0.461 e. The Morgan fingerprint density at radius 3 is 2.23 bits per heavy atom. The van der Waals surface area contributed by atoms with Crippen molar-refractivity contribution in [3.63, 3.8) is 0 Å². The minimum absolute atomic E-state index is 0.102. The van der Waals surface area contributed by atoms with Gasteiger partial charge in [0.1, 0.15) is 60.6 Å². The molecule has 0 radical (unpaired) electrons. The number of carbonyl (C=O) groups excluding carboxylic acids is 3. The van der Waals surface area contributed by atoms with E-state index in [0.29, 0.717) is 18.4 Å². The number of nitrogens with one attached hydrogen (secondary N) is 1. The van der Waals surface area contributed by atoms with Gasteiger partial charge in [0, 0.05) is 0 Å². The predicted molar refractivity (Wildman–Crippen MR) is 201 cm³/mol. The lowest BCUT2D eigenvalue weighted by atomic mass is 9.95. The highest BCUT2D eigenvalue weighted by Crippen LogP contribution is 2.50. The van der Waals surface area contributed by atoms with E-state index in [2.05, 4.69) is 15.2 Å². The number of nitrogens with two attached hydrogens (primary N) is 3. The molecule has 2 aromatic heterocycles. The quantitative estimate of drug-likeness (QED) is 0.0917. The van der Waals surface area contributed by atoms with Crippen LogP contribution in [0, 0.1) is 23.2 Å². The molecule has 19 heteroatoms. The number of hydrogen-bond donors (Lipinski definition) is 4. The van der Waals surface area contributed by atoms with Crippen LogP contribution in [0.2, 0.25) is 0 Å². The summed E-state index contributed by atoms with van der Waals surface area (Å²) in [5.41, 5.74) is 16.7. The molecule has 3 heterocycles. The molecule has 5 rings (SSSR count). The van der Waals surface area contributed by atoms with Gasteiger partial charge in [-0.15, -0.1) is 0 Å². The molecule has 1 saturated carbocycles. The van der Waals surface area contributed by atoms with Gasteiger partial charge in [0.25, 0.3) is 0 Å². The molecule has 304 valence electrons. The highest BCUT2D eigenvalue weighted by Gasteiger charge is 2.62. The standard InChI is InChI=1S/C37H51N8O10P/c1-21(2)28(39)35(47)52-31-30(26-16-17-27-33(41)42-20-43-45(26)27)54-37(18-38,32(31)53-36(48)29(40)22(3)4)19-50-56(49,55-25-14-10-7-11-15-25)44-23(5)34(46)51-24-12-8-6-9-13-24/h7,10-11,14-17,20-24,28-32H,6,8-9,12-13,19,39-40H2,1-5H3,(H,44,49)(H2,41,42,43)/t23-,28-,29-,30-,31-,32-,37+,56-/m0/s1. The zero-order valence-electron chi connectivity index (χ0n) is 32.1. The Balaban J connectivity index is 1.55. The number of anilines is 1. The average Bonchev–Trinajstić information content (AvgIpc) is 3.74. The smallest absolute Gasteiger partial charge is 0.459 e. The zero-order chi connectivity index (χ0) is 40.8. The van der Waals surface area contributed by atoms with Crippen molar-refractivity contribution in [2.45, 2.75) is 115 Å². The fraction of sp³-hybridized carbons (Fsp3) is 0.568. The van der Waals surface area contributed by atoms with Gasteiger partial charge < -0.3 is 40.7 Å². The van der Waals surface area contributed by atoms with Gasteiger partial charge in [-0.2, -0.15) is 15.4 Å². The van der Waals surface area contributed by atoms with Gasteiger partial charge in [-0.1, -0.05) is 52.3 Å². The normalized spacial score (nSPS) is 24.2. The molecular weight excluding hydrogens is 747 g/mol. The zero-order valence-corrected chi connectivity index (χ0v) is 33.0. The molecular formula is C37H51N8O10P. The van der Waals surface area contributed by atoms with Crippen LogP contribution in [0.4, 0.5) is 5.82 Å². The summed E-state index contributed by atoms with van der Waals surface area (Å²) < 4.78 is 52.0. The highest BCUT2D eigenvalue weighted by molar-refractivity contribution is 7.52. The molecule has 1 aliphatic carbocycles. The van der Waals surface area contributed by atoms with Crippen molar-refractivity contribution in [3.05, 3.63) is 54.5 Å². The molecule has 2 aliphatic rings. The van der Waals surface area contributed by atoms with E-state index in [1.165, 1.54) is 29.9 Å².